The van der Waals surface area contributed by atoms with E-state index in [1.807, 2.05) is 0 Å². The van der Waals surface area contributed by atoms with Gasteiger partial charge in [-0.25, -0.2) is 8.78 Å². The molecule has 0 saturated heterocycles. The zero-order valence-electron chi connectivity index (χ0n) is 10.0. The van der Waals surface area contributed by atoms with Gasteiger partial charge in [-0.3, -0.25) is 0 Å². The van der Waals surface area contributed by atoms with Crippen molar-refractivity contribution in [2.45, 2.75) is 6.04 Å². The van der Waals surface area contributed by atoms with E-state index in [0.717, 1.165) is 12.1 Å². The number of ether oxygens (including phenoxy) is 2. The molecule has 0 aliphatic heterocycles. The Hall–Kier alpha value is -1.04. The standard InChI is InChI=1S/C12H17F2NO2/c1-15-12(8-17-6-5-16-2)10-7-9(13)3-4-11(10)14/h3-4,7,12,15H,5-6,8H2,1-2H3. The molecule has 1 rings (SSSR count). The number of benzene rings is 1. The second-order valence-corrected chi connectivity index (χ2v) is 3.57. The van der Waals surface area contributed by atoms with Gasteiger partial charge in [0.1, 0.15) is 11.6 Å². The molecule has 1 aromatic rings. The molecule has 0 spiro atoms. The topological polar surface area (TPSA) is 30.5 Å². The number of likely N-dealkylation sites (N-methyl/N-ethyl adjacent to an activating group) is 1. The number of rotatable bonds is 7. The molecule has 1 aromatic carbocycles. The average molecular weight is 245 g/mol. The van der Waals surface area contributed by atoms with Crippen LogP contribution < -0.4 is 5.32 Å². The van der Waals surface area contributed by atoms with Crippen molar-refractivity contribution < 1.29 is 18.3 Å². The van der Waals surface area contributed by atoms with Crippen molar-refractivity contribution in [1.82, 2.24) is 5.32 Å². The Morgan fingerprint density at radius 3 is 2.71 bits per heavy atom. The minimum atomic E-state index is -0.460. The molecular weight excluding hydrogens is 228 g/mol. The van der Waals surface area contributed by atoms with Crippen LogP contribution in [0.4, 0.5) is 8.78 Å². The fraction of sp³-hybridized carbons (Fsp3) is 0.500. The van der Waals surface area contributed by atoms with Gasteiger partial charge in [-0.05, 0) is 25.2 Å². The maximum atomic E-state index is 13.5. The number of halogens is 2. The number of hydrogen-bond donors (Lipinski definition) is 1. The predicted molar refractivity (Wildman–Crippen MR) is 60.9 cm³/mol. The Bertz CT molecular complexity index is 347. The minimum Gasteiger partial charge on any atom is -0.382 e. The van der Waals surface area contributed by atoms with Gasteiger partial charge in [0.15, 0.2) is 0 Å². The maximum absolute atomic E-state index is 13.5. The van der Waals surface area contributed by atoms with Gasteiger partial charge in [-0.2, -0.15) is 0 Å². The van der Waals surface area contributed by atoms with Gasteiger partial charge in [0.25, 0.3) is 0 Å². The molecular formula is C12H17F2NO2. The van der Waals surface area contributed by atoms with Crippen LogP contribution in [0.3, 0.4) is 0 Å². The average Bonchev–Trinajstić information content (AvgIpc) is 2.33. The van der Waals surface area contributed by atoms with Gasteiger partial charge >= 0.3 is 0 Å². The van der Waals surface area contributed by atoms with Crippen LogP contribution in [0.25, 0.3) is 0 Å². The van der Waals surface area contributed by atoms with E-state index >= 15 is 0 Å². The number of methoxy groups -OCH3 is 1. The van der Waals surface area contributed by atoms with Gasteiger partial charge in [-0.1, -0.05) is 0 Å². The quantitative estimate of drug-likeness (QED) is 0.744. The summed E-state index contributed by atoms with van der Waals surface area (Å²) in [4.78, 5) is 0. The van der Waals surface area contributed by atoms with Gasteiger partial charge in [-0.15, -0.1) is 0 Å². The molecule has 1 N–H and O–H groups in total. The summed E-state index contributed by atoms with van der Waals surface area (Å²) in [6.45, 7) is 1.16. The van der Waals surface area contributed by atoms with Crippen LogP contribution in [0.1, 0.15) is 11.6 Å². The van der Waals surface area contributed by atoms with Crippen LogP contribution in [0.2, 0.25) is 0 Å². The molecule has 0 radical (unpaired) electrons. The first-order chi connectivity index (χ1) is 8.19. The molecule has 0 bridgehead atoms. The van der Waals surface area contributed by atoms with Crippen LogP contribution >= 0.6 is 0 Å². The predicted octanol–water partition coefficient (Wildman–Crippen LogP) is 1.89. The van der Waals surface area contributed by atoms with Crippen molar-refractivity contribution >= 4 is 0 Å². The van der Waals surface area contributed by atoms with E-state index in [4.69, 9.17) is 9.47 Å². The summed E-state index contributed by atoms with van der Waals surface area (Å²) in [7, 11) is 3.25. The van der Waals surface area contributed by atoms with E-state index in [0.29, 0.717) is 13.2 Å². The first-order valence-electron chi connectivity index (χ1n) is 5.38. The molecule has 0 aliphatic carbocycles. The third-order valence-corrected chi connectivity index (χ3v) is 2.40. The highest BCUT2D eigenvalue weighted by Gasteiger charge is 2.14. The Kier molecular flexibility index (Phi) is 6.04. The van der Waals surface area contributed by atoms with Crippen molar-refractivity contribution in [3.63, 3.8) is 0 Å². The fourth-order valence-electron chi connectivity index (χ4n) is 1.45. The highest BCUT2D eigenvalue weighted by molar-refractivity contribution is 5.22. The fourth-order valence-corrected chi connectivity index (χ4v) is 1.45. The third-order valence-electron chi connectivity index (χ3n) is 2.40. The lowest BCUT2D eigenvalue weighted by Gasteiger charge is -2.17. The lowest BCUT2D eigenvalue weighted by molar-refractivity contribution is 0.0591. The minimum absolute atomic E-state index is 0.264. The number of hydrogen-bond acceptors (Lipinski definition) is 3. The molecule has 0 saturated carbocycles. The van der Waals surface area contributed by atoms with Gasteiger partial charge in [0, 0.05) is 12.7 Å². The summed E-state index contributed by atoms with van der Waals surface area (Å²) in [5, 5.41) is 2.89. The molecule has 0 fully saturated rings. The lowest BCUT2D eigenvalue weighted by Crippen LogP contribution is -2.23. The third kappa shape index (κ3) is 4.38. The van der Waals surface area contributed by atoms with E-state index in [-0.39, 0.29) is 18.2 Å². The lowest BCUT2D eigenvalue weighted by atomic mass is 10.1. The monoisotopic (exact) mass is 245 g/mol. The summed E-state index contributed by atoms with van der Waals surface area (Å²) in [6.07, 6.45) is 0. The van der Waals surface area contributed by atoms with Crippen LogP contribution in [0, 0.1) is 11.6 Å². The van der Waals surface area contributed by atoms with Crippen molar-refractivity contribution in [2.75, 3.05) is 34.0 Å². The summed E-state index contributed by atoms with van der Waals surface area (Å²) < 4.78 is 36.7. The molecule has 17 heavy (non-hydrogen) atoms. The van der Waals surface area contributed by atoms with Crippen molar-refractivity contribution in [2.24, 2.45) is 0 Å². The molecule has 0 aliphatic rings. The molecule has 0 amide bonds. The van der Waals surface area contributed by atoms with Crippen molar-refractivity contribution in [1.29, 1.82) is 0 Å². The van der Waals surface area contributed by atoms with E-state index < -0.39 is 11.6 Å². The second-order valence-electron chi connectivity index (χ2n) is 3.57. The van der Waals surface area contributed by atoms with Crippen molar-refractivity contribution in [3.05, 3.63) is 35.4 Å². The molecule has 1 unspecified atom stereocenters. The zero-order valence-corrected chi connectivity index (χ0v) is 10.0. The summed E-state index contributed by atoms with van der Waals surface area (Å²) in [5.41, 5.74) is 0.268. The highest BCUT2D eigenvalue weighted by atomic mass is 19.1. The summed E-state index contributed by atoms with van der Waals surface area (Å²) in [6, 6.07) is 3.01. The van der Waals surface area contributed by atoms with E-state index in [1.54, 1.807) is 14.2 Å². The van der Waals surface area contributed by atoms with Crippen LogP contribution in [0.15, 0.2) is 18.2 Å². The van der Waals surface area contributed by atoms with Crippen LogP contribution in [-0.4, -0.2) is 34.0 Å². The van der Waals surface area contributed by atoms with Gasteiger partial charge in [0.2, 0.25) is 0 Å². The normalized spacial score (nSPS) is 12.7. The smallest absolute Gasteiger partial charge is 0.128 e. The summed E-state index contributed by atoms with van der Waals surface area (Å²) >= 11 is 0. The van der Waals surface area contributed by atoms with E-state index in [2.05, 4.69) is 5.32 Å². The van der Waals surface area contributed by atoms with Crippen LogP contribution in [-0.2, 0) is 9.47 Å². The Morgan fingerprint density at radius 2 is 2.06 bits per heavy atom. The zero-order chi connectivity index (χ0) is 12.7. The Morgan fingerprint density at radius 1 is 1.29 bits per heavy atom. The SMILES string of the molecule is CNC(COCCOC)c1cc(F)ccc1F. The second kappa shape index (κ2) is 7.32. The van der Waals surface area contributed by atoms with E-state index in [9.17, 15) is 8.78 Å². The summed E-state index contributed by atoms with van der Waals surface area (Å²) in [5.74, 6) is -0.903. The molecule has 1 atom stereocenters. The first-order valence-corrected chi connectivity index (χ1v) is 5.38. The maximum Gasteiger partial charge on any atom is 0.128 e. The van der Waals surface area contributed by atoms with E-state index in [1.165, 1.54) is 6.07 Å². The van der Waals surface area contributed by atoms with Crippen molar-refractivity contribution in [3.8, 4) is 0 Å². The van der Waals surface area contributed by atoms with Gasteiger partial charge in [0.05, 0.1) is 25.9 Å². The first kappa shape index (κ1) is 14.0. The molecule has 5 heteroatoms. The van der Waals surface area contributed by atoms with Crippen LogP contribution in [0.5, 0.6) is 0 Å². The number of nitrogens with one attached hydrogen (secondary N) is 1. The largest absolute Gasteiger partial charge is 0.382 e. The van der Waals surface area contributed by atoms with Gasteiger partial charge < -0.3 is 14.8 Å². The highest BCUT2D eigenvalue weighted by Crippen LogP contribution is 2.18. The Balaban J connectivity index is 2.62. The molecule has 3 nitrogen and oxygen atoms in total. The molecule has 96 valence electrons. The molecule has 0 heterocycles. The molecule has 0 aromatic heterocycles. The Labute approximate surface area is 99.7 Å².